The lowest BCUT2D eigenvalue weighted by Gasteiger charge is -2.13. The van der Waals surface area contributed by atoms with E-state index in [4.69, 9.17) is 4.74 Å². The molecule has 2 N–H and O–H groups in total. The molecule has 4 aromatic rings. The zero-order valence-electron chi connectivity index (χ0n) is 19.9. The Morgan fingerprint density at radius 3 is 2.39 bits per heavy atom. The summed E-state index contributed by atoms with van der Waals surface area (Å²) in [5.74, 6) is -1.26. The van der Waals surface area contributed by atoms with Crippen LogP contribution in [0.1, 0.15) is 21.5 Å². The van der Waals surface area contributed by atoms with Gasteiger partial charge in [0.1, 0.15) is 6.54 Å². The molecule has 0 fully saturated rings. The lowest BCUT2D eigenvalue weighted by Crippen LogP contribution is -2.48. The van der Waals surface area contributed by atoms with E-state index < -0.39 is 29.6 Å². The van der Waals surface area contributed by atoms with Gasteiger partial charge in [0.15, 0.2) is 11.2 Å². The number of nitrogens with zero attached hydrogens (tertiary/aromatic N) is 4. The van der Waals surface area contributed by atoms with Crippen molar-refractivity contribution in [2.75, 3.05) is 13.7 Å². The van der Waals surface area contributed by atoms with Crippen LogP contribution in [0.15, 0.2) is 70.5 Å². The number of rotatable bonds is 8. The van der Waals surface area contributed by atoms with Crippen LogP contribution in [0.2, 0.25) is 0 Å². The van der Waals surface area contributed by atoms with Crippen molar-refractivity contribution in [3.63, 3.8) is 0 Å². The number of hydrogen-bond donors (Lipinski definition) is 2. The van der Waals surface area contributed by atoms with Crippen LogP contribution in [0.5, 0.6) is 0 Å². The standard InChI is InChI=1S/C25H26N6O5/c1-17-8-10-19(11-9-17)23(33)28-27-20(32)15-31-24(34)21-22(26-16-29(21)12-13-36-2)30(25(31)35)14-18-6-4-3-5-7-18/h3-11,16H,12-15H2,1-2H3,(H,27,32)(H,28,33). The van der Waals surface area contributed by atoms with E-state index in [2.05, 4.69) is 15.8 Å². The van der Waals surface area contributed by atoms with Crippen LogP contribution in [0.3, 0.4) is 0 Å². The number of hydrazine groups is 1. The quantitative estimate of drug-likeness (QED) is 0.352. The van der Waals surface area contributed by atoms with Crippen molar-refractivity contribution in [3.05, 3.63) is 98.5 Å². The Hall–Kier alpha value is -4.51. The molecule has 0 radical (unpaired) electrons. The van der Waals surface area contributed by atoms with Crippen LogP contribution in [0.25, 0.3) is 11.2 Å². The molecule has 2 aromatic carbocycles. The molecular weight excluding hydrogens is 464 g/mol. The van der Waals surface area contributed by atoms with Gasteiger partial charge in [-0.05, 0) is 24.6 Å². The molecule has 0 bridgehead atoms. The van der Waals surface area contributed by atoms with Gasteiger partial charge in [-0.25, -0.2) is 14.3 Å². The molecule has 0 spiro atoms. The number of hydrogen-bond acceptors (Lipinski definition) is 6. The van der Waals surface area contributed by atoms with E-state index in [1.165, 1.54) is 18.0 Å². The van der Waals surface area contributed by atoms with Crippen LogP contribution in [-0.4, -0.2) is 44.2 Å². The largest absolute Gasteiger partial charge is 0.383 e. The van der Waals surface area contributed by atoms with Gasteiger partial charge in [0.05, 0.1) is 19.5 Å². The second-order valence-corrected chi connectivity index (χ2v) is 8.22. The number of benzene rings is 2. The average Bonchev–Trinajstić information content (AvgIpc) is 3.31. The third-order valence-corrected chi connectivity index (χ3v) is 5.63. The number of aryl methyl sites for hydroxylation is 1. The Bertz CT molecular complexity index is 1500. The summed E-state index contributed by atoms with van der Waals surface area (Å²) in [5.41, 5.74) is 5.79. The van der Waals surface area contributed by atoms with Crippen LogP contribution in [0, 0.1) is 6.92 Å². The van der Waals surface area contributed by atoms with Crippen LogP contribution >= 0.6 is 0 Å². The maximum atomic E-state index is 13.3. The van der Waals surface area contributed by atoms with Crippen molar-refractivity contribution >= 4 is 23.0 Å². The number of amides is 2. The molecule has 0 saturated heterocycles. The molecule has 36 heavy (non-hydrogen) atoms. The molecule has 0 aliphatic heterocycles. The summed E-state index contributed by atoms with van der Waals surface area (Å²) in [7, 11) is 1.54. The minimum absolute atomic E-state index is 0.156. The van der Waals surface area contributed by atoms with Crippen molar-refractivity contribution in [2.45, 2.75) is 26.6 Å². The third-order valence-electron chi connectivity index (χ3n) is 5.63. The summed E-state index contributed by atoms with van der Waals surface area (Å²) < 4.78 is 8.90. The van der Waals surface area contributed by atoms with Gasteiger partial charge in [0, 0.05) is 19.2 Å². The zero-order valence-corrected chi connectivity index (χ0v) is 19.9. The Labute approximate surface area is 205 Å². The Morgan fingerprint density at radius 2 is 1.69 bits per heavy atom. The van der Waals surface area contributed by atoms with Gasteiger partial charge in [-0.15, -0.1) is 0 Å². The number of ether oxygens (including phenoxy) is 1. The van der Waals surface area contributed by atoms with Gasteiger partial charge >= 0.3 is 5.69 Å². The molecule has 0 atom stereocenters. The van der Waals surface area contributed by atoms with Crippen LogP contribution < -0.4 is 22.1 Å². The average molecular weight is 491 g/mol. The molecule has 0 aliphatic rings. The summed E-state index contributed by atoms with van der Waals surface area (Å²) >= 11 is 0. The third kappa shape index (κ3) is 5.26. The van der Waals surface area contributed by atoms with Crippen molar-refractivity contribution in [1.29, 1.82) is 0 Å². The Kier molecular flexibility index (Phi) is 7.40. The lowest BCUT2D eigenvalue weighted by molar-refractivity contribution is -0.122. The fourth-order valence-electron chi connectivity index (χ4n) is 3.73. The molecule has 2 amide bonds. The molecular formula is C25H26N6O5. The van der Waals surface area contributed by atoms with Gasteiger partial charge in [-0.2, -0.15) is 0 Å². The monoisotopic (exact) mass is 490 g/mol. The van der Waals surface area contributed by atoms with Gasteiger partial charge < -0.3 is 9.30 Å². The van der Waals surface area contributed by atoms with E-state index in [1.807, 2.05) is 37.3 Å². The normalized spacial score (nSPS) is 10.9. The van der Waals surface area contributed by atoms with Crippen molar-refractivity contribution < 1.29 is 14.3 Å². The van der Waals surface area contributed by atoms with Gasteiger partial charge in [-0.3, -0.25) is 29.8 Å². The van der Waals surface area contributed by atoms with E-state index in [9.17, 15) is 19.2 Å². The van der Waals surface area contributed by atoms with Crippen LogP contribution in [-0.2, 0) is 29.2 Å². The number of nitrogens with one attached hydrogen (secondary N) is 2. The van der Waals surface area contributed by atoms with Crippen molar-refractivity contribution in [2.24, 2.45) is 0 Å². The number of carbonyl (C=O) groups is 2. The summed E-state index contributed by atoms with van der Waals surface area (Å²) in [6, 6.07) is 16.0. The highest BCUT2D eigenvalue weighted by molar-refractivity contribution is 5.95. The topological polar surface area (TPSA) is 129 Å². The first-order valence-corrected chi connectivity index (χ1v) is 11.3. The fraction of sp³-hybridized carbons (Fsp3) is 0.240. The molecule has 11 nitrogen and oxygen atoms in total. The Balaban J connectivity index is 1.64. The fourth-order valence-corrected chi connectivity index (χ4v) is 3.73. The first-order valence-electron chi connectivity index (χ1n) is 11.3. The molecule has 4 rings (SSSR count). The predicted molar refractivity (Wildman–Crippen MR) is 132 cm³/mol. The van der Waals surface area contributed by atoms with Crippen molar-refractivity contribution in [3.8, 4) is 0 Å². The highest BCUT2D eigenvalue weighted by Crippen LogP contribution is 2.10. The summed E-state index contributed by atoms with van der Waals surface area (Å²) in [6.07, 6.45) is 1.47. The molecule has 2 aromatic heterocycles. The van der Waals surface area contributed by atoms with Crippen LogP contribution in [0.4, 0.5) is 0 Å². The van der Waals surface area contributed by atoms with Gasteiger partial charge in [0.25, 0.3) is 17.4 Å². The molecule has 186 valence electrons. The molecule has 2 heterocycles. The lowest BCUT2D eigenvalue weighted by atomic mass is 10.1. The maximum Gasteiger partial charge on any atom is 0.333 e. The first-order chi connectivity index (χ1) is 17.4. The number of fused-ring (bicyclic) bond motifs is 1. The van der Waals surface area contributed by atoms with E-state index >= 15 is 0 Å². The SMILES string of the molecule is COCCn1cnc2c1c(=O)n(CC(=O)NNC(=O)c1ccc(C)cc1)c(=O)n2Cc1ccccc1. The molecule has 0 unspecified atom stereocenters. The minimum atomic E-state index is -0.733. The van der Waals surface area contributed by atoms with E-state index in [1.54, 1.807) is 28.8 Å². The number of methoxy groups -OCH3 is 1. The van der Waals surface area contributed by atoms with E-state index in [0.717, 1.165) is 15.7 Å². The highest BCUT2D eigenvalue weighted by atomic mass is 16.5. The second kappa shape index (κ2) is 10.8. The summed E-state index contributed by atoms with van der Waals surface area (Å²) in [5, 5.41) is 0. The van der Waals surface area contributed by atoms with Crippen molar-refractivity contribution in [1.82, 2.24) is 29.5 Å². The van der Waals surface area contributed by atoms with Gasteiger partial charge in [0.2, 0.25) is 0 Å². The van der Waals surface area contributed by atoms with E-state index in [0.29, 0.717) is 18.7 Å². The molecule has 0 saturated carbocycles. The molecule has 11 heteroatoms. The summed E-state index contributed by atoms with van der Waals surface area (Å²) in [6.45, 7) is 2.12. The first kappa shape index (κ1) is 24.6. The molecule has 0 aliphatic carbocycles. The smallest absolute Gasteiger partial charge is 0.333 e. The number of carbonyl (C=O) groups excluding carboxylic acids is 2. The Morgan fingerprint density at radius 1 is 0.972 bits per heavy atom. The number of aromatic nitrogens is 4. The highest BCUT2D eigenvalue weighted by Gasteiger charge is 2.20. The zero-order chi connectivity index (χ0) is 25.7. The summed E-state index contributed by atoms with van der Waals surface area (Å²) in [4.78, 5) is 55.9. The van der Waals surface area contributed by atoms with Gasteiger partial charge in [-0.1, -0.05) is 48.0 Å². The second-order valence-electron chi connectivity index (χ2n) is 8.22. The minimum Gasteiger partial charge on any atom is -0.383 e. The maximum absolute atomic E-state index is 13.3. The number of imidazole rings is 1. The van der Waals surface area contributed by atoms with E-state index in [-0.39, 0.29) is 17.7 Å². The predicted octanol–water partition coefficient (Wildman–Crippen LogP) is 0.824.